The minimum absolute atomic E-state index is 0.0623. The van der Waals surface area contributed by atoms with Crippen molar-refractivity contribution >= 4 is 40.2 Å². The highest BCUT2D eigenvalue weighted by Gasteiger charge is 2.30. The number of nitro groups is 1. The van der Waals surface area contributed by atoms with Crippen LogP contribution in [0.1, 0.15) is 55.2 Å². The van der Waals surface area contributed by atoms with Gasteiger partial charge in [0.05, 0.1) is 21.9 Å². The smallest absolute Gasteiger partial charge is 0.270 e. The Kier molecular flexibility index (Phi) is 8.52. The maximum Gasteiger partial charge on any atom is 0.270 e. The number of anilines is 3. The van der Waals surface area contributed by atoms with Crippen LogP contribution in [-0.2, 0) is 11.2 Å². The van der Waals surface area contributed by atoms with E-state index in [9.17, 15) is 14.9 Å². The minimum atomic E-state index is -0.435. The molecule has 3 aliphatic rings. The van der Waals surface area contributed by atoms with Crippen LogP contribution in [0.5, 0.6) is 0 Å². The molecule has 1 amide bonds. The van der Waals surface area contributed by atoms with Crippen molar-refractivity contribution in [3.05, 3.63) is 99.7 Å². The molecule has 0 spiro atoms. The summed E-state index contributed by atoms with van der Waals surface area (Å²) in [5, 5.41) is 18.0. The molecule has 2 saturated heterocycles. The third-order valence-electron chi connectivity index (χ3n) is 9.26. The van der Waals surface area contributed by atoms with Crippen LogP contribution in [0.4, 0.5) is 23.0 Å². The molecule has 3 aliphatic heterocycles. The van der Waals surface area contributed by atoms with Crippen LogP contribution in [0.15, 0.2) is 72.9 Å². The lowest BCUT2D eigenvalue weighted by Crippen LogP contribution is -2.30. The van der Waals surface area contributed by atoms with Gasteiger partial charge in [0.15, 0.2) is 0 Å². The van der Waals surface area contributed by atoms with Crippen LogP contribution in [-0.4, -0.2) is 58.4 Å². The van der Waals surface area contributed by atoms with E-state index in [4.69, 9.17) is 4.98 Å². The van der Waals surface area contributed by atoms with Gasteiger partial charge in [-0.25, -0.2) is 4.98 Å². The first-order valence-electron chi connectivity index (χ1n) is 16.4. The number of rotatable bonds is 10. The molecule has 236 valence electrons. The van der Waals surface area contributed by atoms with E-state index < -0.39 is 4.92 Å². The Morgan fingerprint density at radius 1 is 0.913 bits per heavy atom. The Morgan fingerprint density at radius 2 is 1.65 bits per heavy atom. The number of nitro benzene ring substituents is 1. The predicted octanol–water partition coefficient (Wildman–Crippen LogP) is 6.94. The van der Waals surface area contributed by atoms with Crippen molar-refractivity contribution in [1.29, 1.82) is 0 Å². The van der Waals surface area contributed by atoms with Crippen molar-refractivity contribution in [2.24, 2.45) is 0 Å². The van der Waals surface area contributed by atoms with Crippen molar-refractivity contribution in [3.8, 4) is 11.3 Å². The number of likely N-dealkylation sites (tertiary alicyclic amines) is 1. The topological polar surface area (TPSA) is 119 Å². The molecule has 2 fully saturated rings. The highest BCUT2D eigenvalue weighted by Crippen LogP contribution is 2.39. The van der Waals surface area contributed by atoms with E-state index in [0.29, 0.717) is 22.5 Å². The summed E-state index contributed by atoms with van der Waals surface area (Å²) in [5.74, 6) is 0.606. The Bertz CT molecular complexity index is 1750. The molecule has 0 aliphatic carbocycles. The average molecular weight is 618 g/mol. The SMILES string of the molecule is O=C1Nc2ccc([N+](=O)[O-])cc2C1=C(Nc1ccc(-c2c[nH]c(N3CCCCC3)n2)cc1)c1ccc(CCCN2CCCC2)cc1. The zero-order chi connectivity index (χ0) is 31.5. The molecule has 0 saturated carbocycles. The van der Waals surface area contributed by atoms with Gasteiger partial charge in [-0.2, -0.15) is 0 Å². The van der Waals surface area contributed by atoms with E-state index >= 15 is 0 Å². The number of carbonyl (C=O) groups excluding carboxylic acids is 1. The number of piperidine rings is 1. The summed E-state index contributed by atoms with van der Waals surface area (Å²) in [6, 6.07) is 20.7. The highest BCUT2D eigenvalue weighted by molar-refractivity contribution is 6.37. The summed E-state index contributed by atoms with van der Waals surface area (Å²) in [5.41, 5.74) is 6.70. The van der Waals surface area contributed by atoms with Gasteiger partial charge in [0.1, 0.15) is 0 Å². The van der Waals surface area contributed by atoms with Gasteiger partial charge in [-0.3, -0.25) is 14.9 Å². The summed E-state index contributed by atoms with van der Waals surface area (Å²) in [4.78, 5) is 37.6. The third-order valence-corrected chi connectivity index (χ3v) is 9.26. The second kappa shape index (κ2) is 13.2. The third kappa shape index (κ3) is 6.39. The average Bonchev–Trinajstić information content (AvgIpc) is 3.85. The number of aromatic nitrogens is 2. The number of aromatic amines is 1. The molecular weight excluding hydrogens is 578 g/mol. The Hall–Kier alpha value is -4.96. The van der Waals surface area contributed by atoms with Gasteiger partial charge in [-0.1, -0.05) is 36.4 Å². The standard InChI is InChI=1S/C36H39N7O3/c44-35-33(30-23-29(43(45)46)16-17-31(30)39-35)34(27-10-8-25(9-11-27)7-6-20-41-18-4-5-19-41)38-28-14-12-26(13-15-28)32-24-37-36(40-32)42-21-2-1-3-22-42/h8-17,23-24,38H,1-7,18-22H2,(H,37,40)(H,39,44). The number of imidazole rings is 1. The summed E-state index contributed by atoms with van der Waals surface area (Å²) in [6.07, 6.45) is 10.3. The van der Waals surface area contributed by atoms with E-state index in [0.717, 1.165) is 60.9 Å². The van der Waals surface area contributed by atoms with Gasteiger partial charge in [0.25, 0.3) is 11.6 Å². The molecule has 1 aromatic heterocycles. The number of non-ortho nitro benzene ring substituents is 1. The maximum atomic E-state index is 13.4. The molecule has 0 unspecified atom stereocenters. The van der Waals surface area contributed by atoms with Gasteiger partial charge in [-0.05, 0) is 93.9 Å². The van der Waals surface area contributed by atoms with Crippen molar-refractivity contribution in [1.82, 2.24) is 14.9 Å². The molecule has 4 heterocycles. The van der Waals surface area contributed by atoms with E-state index in [2.05, 4.69) is 37.6 Å². The van der Waals surface area contributed by atoms with Crippen molar-refractivity contribution in [2.75, 3.05) is 48.3 Å². The zero-order valence-corrected chi connectivity index (χ0v) is 25.9. The number of fused-ring (bicyclic) bond motifs is 1. The second-order valence-corrected chi connectivity index (χ2v) is 12.4. The number of hydrogen-bond acceptors (Lipinski definition) is 7. The summed E-state index contributed by atoms with van der Waals surface area (Å²) in [7, 11) is 0. The van der Waals surface area contributed by atoms with Crippen LogP contribution in [0, 0.1) is 10.1 Å². The van der Waals surface area contributed by atoms with Crippen molar-refractivity contribution in [2.45, 2.75) is 44.9 Å². The van der Waals surface area contributed by atoms with Crippen LogP contribution in [0.3, 0.4) is 0 Å². The number of hydrogen-bond donors (Lipinski definition) is 3. The van der Waals surface area contributed by atoms with Crippen molar-refractivity contribution < 1.29 is 9.72 Å². The first-order chi connectivity index (χ1) is 22.5. The van der Waals surface area contributed by atoms with Gasteiger partial charge >= 0.3 is 0 Å². The lowest BCUT2D eigenvalue weighted by atomic mass is 9.98. The summed E-state index contributed by atoms with van der Waals surface area (Å²) in [6.45, 7) is 5.55. The first kappa shape index (κ1) is 29.7. The number of aryl methyl sites for hydroxylation is 1. The quantitative estimate of drug-likeness (QED) is 0.100. The van der Waals surface area contributed by atoms with Gasteiger partial charge < -0.3 is 25.4 Å². The molecule has 3 N–H and O–H groups in total. The largest absolute Gasteiger partial charge is 0.354 e. The fourth-order valence-corrected chi connectivity index (χ4v) is 6.74. The Labute approximate surface area is 268 Å². The lowest BCUT2D eigenvalue weighted by molar-refractivity contribution is -0.384. The molecular formula is C36H39N7O3. The normalized spacial score (nSPS) is 17.6. The number of carbonyl (C=O) groups is 1. The van der Waals surface area contributed by atoms with E-state index in [1.165, 1.54) is 62.9 Å². The fourth-order valence-electron chi connectivity index (χ4n) is 6.74. The van der Waals surface area contributed by atoms with Crippen LogP contribution in [0.2, 0.25) is 0 Å². The number of amides is 1. The van der Waals surface area contributed by atoms with Gasteiger partial charge in [0, 0.05) is 53.9 Å². The Morgan fingerprint density at radius 3 is 2.39 bits per heavy atom. The minimum Gasteiger partial charge on any atom is -0.354 e. The second-order valence-electron chi connectivity index (χ2n) is 12.4. The van der Waals surface area contributed by atoms with E-state index in [1.807, 2.05) is 42.6 Å². The number of H-pyrrole nitrogens is 1. The molecule has 4 aromatic rings. The molecule has 7 rings (SSSR count). The molecule has 0 radical (unpaired) electrons. The predicted molar refractivity (Wildman–Crippen MR) is 183 cm³/mol. The molecule has 10 heteroatoms. The van der Waals surface area contributed by atoms with Crippen molar-refractivity contribution in [3.63, 3.8) is 0 Å². The molecule has 3 aromatic carbocycles. The van der Waals surface area contributed by atoms with Crippen LogP contribution >= 0.6 is 0 Å². The molecule has 46 heavy (non-hydrogen) atoms. The Balaban J connectivity index is 1.17. The zero-order valence-electron chi connectivity index (χ0n) is 25.9. The van der Waals surface area contributed by atoms with Gasteiger partial charge in [0.2, 0.25) is 5.95 Å². The summed E-state index contributed by atoms with van der Waals surface area (Å²) < 4.78 is 0. The lowest BCUT2D eigenvalue weighted by Gasteiger charge is -2.25. The monoisotopic (exact) mass is 617 g/mol. The van der Waals surface area contributed by atoms with E-state index in [-0.39, 0.29) is 11.6 Å². The fraction of sp³-hybridized carbons (Fsp3) is 0.333. The number of benzene rings is 3. The molecule has 0 atom stereocenters. The molecule has 0 bridgehead atoms. The number of nitrogens with one attached hydrogen (secondary N) is 3. The number of nitrogens with zero attached hydrogens (tertiary/aromatic N) is 4. The molecule has 10 nitrogen and oxygen atoms in total. The van der Waals surface area contributed by atoms with Crippen LogP contribution < -0.4 is 15.5 Å². The van der Waals surface area contributed by atoms with Gasteiger partial charge in [-0.15, -0.1) is 0 Å². The maximum absolute atomic E-state index is 13.4. The summed E-state index contributed by atoms with van der Waals surface area (Å²) >= 11 is 0. The first-order valence-corrected chi connectivity index (χ1v) is 16.4. The highest BCUT2D eigenvalue weighted by atomic mass is 16.6. The van der Waals surface area contributed by atoms with E-state index in [1.54, 1.807) is 6.07 Å². The van der Waals surface area contributed by atoms with Crippen LogP contribution in [0.25, 0.3) is 22.5 Å².